The summed E-state index contributed by atoms with van der Waals surface area (Å²) in [7, 11) is 0. The van der Waals surface area contributed by atoms with Crippen LogP contribution in [0.15, 0.2) is 95.7 Å². The lowest BCUT2D eigenvalue weighted by Crippen LogP contribution is -2.34. The van der Waals surface area contributed by atoms with Gasteiger partial charge in [-0.1, -0.05) is 42.5 Å². The Morgan fingerprint density at radius 2 is 1.69 bits per heavy atom. The molecule has 0 saturated carbocycles. The predicted molar refractivity (Wildman–Crippen MR) is 169 cm³/mol. The number of rotatable bonds is 10. The molecule has 1 heterocycles. The topological polar surface area (TPSA) is 98.7 Å². The van der Waals surface area contributed by atoms with Gasteiger partial charge in [-0.3, -0.25) is 14.5 Å². The van der Waals surface area contributed by atoms with Crippen molar-refractivity contribution >= 4 is 46.2 Å². The van der Waals surface area contributed by atoms with Crippen molar-refractivity contribution in [2.75, 3.05) is 16.8 Å². The summed E-state index contributed by atoms with van der Waals surface area (Å²) in [4.78, 5) is 38.6. The Morgan fingerprint density at radius 3 is 2.38 bits per heavy atom. The van der Waals surface area contributed by atoms with E-state index in [2.05, 4.69) is 40.3 Å². The number of aliphatic carboxylic acids is 1. The molecule has 0 bridgehead atoms. The largest absolute Gasteiger partial charge is 0.481 e. The molecular weight excluding hydrogens is 546 g/mol. The third kappa shape index (κ3) is 7.53. The SMILES string of the molecule is O=C(O)CCNC(=O)c1ccc(CN(C(=O)Nc2cccc(-c3ccsc3)c2)c2ccc(C3=CCCCC3)cc2)cc1. The van der Waals surface area contributed by atoms with Gasteiger partial charge in [0.05, 0.1) is 13.0 Å². The first-order valence-electron chi connectivity index (χ1n) is 14.1. The Morgan fingerprint density at radius 1 is 0.881 bits per heavy atom. The first-order chi connectivity index (χ1) is 20.5. The fourth-order valence-electron chi connectivity index (χ4n) is 4.96. The Kier molecular flexibility index (Phi) is 9.46. The number of carbonyl (C=O) groups is 3. The lowest BCUT2D eigenvalue weighted by molar-refractivity contribution is -0.136. The molecule has 0 spiro atoms. The van der Waals surface area contributed by atoms with Gasteiger partial charge < -0.3 is 15.7 Å². The summed E-state index contributed by atoms with van der Waals surface area (Å²) in [5.41, 5.74) is 7.40. The second kappa shape index (κ2) is 13.8. The molecule has 4 aromatic rings. The summed E-state index contributed by atoms with van der Waals surface area (Å²) in [5, 5.41) is 18.6. The average Bonchev–Trinajstić information content (AvgIpc) is 3.56. The van der Waals surface area contributed by atoms with Crippen LogP contribution in [-0.4, -0.2) is 29.6 Å². The summed E-state index contributed by atoms with van der Waals surface area (Å²) in [6, 6.07) is 24.7. The molecule has 0 radical (unpaired) electrons. The van der Waals surface area contributed by atoms with Crippen molar-refractivity contribution < 1.29 is 19.5 Å². The molecule has 0 aliphatic heterocycles. The minimum Gasteiger partial charge on any atom is -0.481 e. The molecule has 1 aliphatic carbocycles. The molecule has 0 saturated heterocycles. The number of benzene rings is 3. The lowest BCUT2D eigenvalue weighted by Gasteiger charge is -2.24. The minimum atomic E-state index is -0.967. The number of amides is 3. The lowest BCUT2D eigenvalue weighted by atomic mass is 9.93. The van der Waals surface area contributed by atoms with Crippen LogP contribution in [0.3, 0.4) is 0 Å². The highest BCUT2D eigenvalue weighted by molar-refractivity contribution is 7.08. The van der Waals surface area contributed by atoms with E-state index in [-0.39, 0.29) is 24.9 Å². The molecule has 0 unspecified atom stereocenters. The van der Waals surface area contributed by atoms with Crippen LogP contribution >= 0.6 is 11.3 Å². The third-order valence-corrected chi connectivity index (χ3v) is 7.92. The maximum atomic E-state index is 13.7. The number of anilines is 2. The van der Waals surface area contributed by atoms with Crippen LogP contribution in [0.4, 0.5) is 16.2 Å². The van der Waals surface area contributed by atoms with Crippen molar-refractivity contribution in [3.05, 3.63) is 112 Å². The maximum absolute atomic E-state index is 13.7. The highest BCUT2D eigenvalue weighted by Crippen LogP contribution is 2.30. The molecule has 5 rings (SSSR count). The smallest absolute Gasteiger partial charge is 0.326 e. The monoisotopic (exact) mass is 579 g/mol. The van der Waals surface area contributed by atoms with Crippen LogP contribution in [0.25, 0.3) is 16.7 Å². The van der Waals surface area contributed by atoms with Crippen molar-refractivity contribution in [3.8, 4) is 11.1 Å². The number of thiophene rings is 1. The maximum Gasteiger partial charge on any atom is 0.326 e. The first kappa shape index (κ1) is 28.8. The van der Waals surface area contributed by atoms with E-state index in [0.717, 1.165) is 35.2 Å². The standard InChI is InChI=1S/C34H33N3O4S/c38-32(39)17-19-35-33(40)27-11-9-24(10-12-27)22-37(31-15-13-26(14-16-31)25-5-2-1-3-6-25)34(41)36-30-8-4-7-28(21-30)29-18-20-42-23-29/h4-5,7-16,18,20-21,23H,1-3,6,17,19,22H2,(H,35,40)(H,36,41)(H,38,39). The number of carbonyl (C=O) groups excluding carboxylic acids is 2. The minimum absolute atomic E-state index is 0.0599. The molecule has 1 aliphatic rings. The van der Waals surface area contributed by atoms with Gasteiger partial charge in [-0.05, 0) is 107 Å². The van der Waals surface area contributed by atoms with Crippen LogP contribution in [-0.2, 0) is 11.3 Å². The number of nitrogens with zero attached hydrogens (tertiary/aromatic N) is 1. The van der Waals surface area contributed by atoms with E-state index in [1.54, 1.807) is 28.4 Å². The Balaban J connectivity index is 1.36. The number of carboxylic acids is 1. The predicted octanol–water partition coefficient (Wildman–Crippen LogP) is 7.82. The summed E-state index contributed by atoms with van der Waals surface area (Å²) in [6.07, 6.45) is 6.76. The van der Waals surface area contributed by atoms with Crippen LogP contribution < -0.4 is 15.5 Å². The number of urea groups is 1. The van der Waals surface area contributed by atoms with E-state index in [9.17, 15) is 14.4 Å². The van der Waals surface area contributed by atoms with E-state index in [4.69, 9.17) is 5.11 Å². The van der Waals surface area contributed by atoms with E-state index < -0.39 is 5.97 Å². The van der Waals surface area contributed by atoms with Gasteiger partial charge in [0, 0.05) is 23.5 Å². The number of hydrogen-bond donors (Lipinski definition) is 3. The summed E-state index contributed by atoms with van der Waals surface area (Å²) in [5.74, 6) is -1.30. The van der Waals surface area contributed by atoms with Gasteiger partial charge in [0.15, 0.2) is 0 Å². The van der Waals surface area contributed by atoms with Gasteiger partial charge in [0.2, 0.25) is 0 Å². The van der Waals surface area contributed by atoms with Gasteiger partial charge in [-0.25, -0.2) is 4.79 Å². The van der Waals surface area contributed by atoms with E-state index in [1.165, 1.54) is 24.0 Å². The van der Waals surface area contributed by atoms with Gasteiger partial charge >= 0.3 is 12.0 Å². The molecule has 0 fully saturated rings. The zero-order valence-electron chi connectivity index (χ0n) is 23.2. The summed E-state index contributed by atoms with van der Waals surface area (Å²) in [6.45, 7) is 0.351. The van der Waals surface area contributed by atoms with Crippen molar-refractivity contribution in [1.82, 2.24) is 5.32 Å². The highest BCUT2D eigenvalue weighted by Gasteiger charge is 2.18. The van der Waals surface area contributed by atoms with Gasteiger partial charge in [0.25, 0.3) is 5.91 Å². The van der Waals surface area contributed by atoms with Gasteiger partial charge in [-0.2, -0.15) is 11.3 Å². The first-order valence-corrected chi connectivity index (χ1v) is 15.0. The average molecular weight is 580 g/mol. The summed E-state index contributed by atoms with van der Waals surface area (Å²) < 4.78 is 0. The van der Waals surface area contributed by atoms with Crippen LogP contribution in [0.2, 0.25) is 0 Å². The molecule has 3 aromatic carbocycles. The highest BCUT2D eigenvalue weighted by atomic mass is 32.1. The zero-order valence-corrected chi connectivity index (χ0v) is 24.0. The second-order valence-electron chi connectivity index (χ2n) is 10.2. The number of hydrogen-bond acceptors (Lipinski definition) is 4. The van der Waals surface area contributed by atoms with E-state index >= 15 is 0 Å². The molecule has 42 heavy (non-hydrogen) atoms. The fraction of sp³-hybridized carbons (Fsp3) is 0.206. The quantitative estimate of drug-likeness (QED) is 0.178. The normalized spacial score (nSPS) is 12.7. The number of carboxylic acid groups (broad SMARTS) is 1. The fourth-order valence-corrected chi connectivity index (χ4v) is 5.63. The molecular formula is C34H33N3O4S. The Bertz CT molecular complexity index is 1560. The van der Waals surface area contributed by atoms with Crippen molar-refractivity contribution in [3.63, 3.8) is 0 Å². The Hall–Kier alpha value is -4.69. The molecule has 8 heteroatoms. The van der Waals surface area contributed by atoms with Crippen molar-refractivity contribution in [2.24, 2.45) is 0 Å². The molecule has 0 atom stereocenters. The van der Waals surface area contributed by atoms with Crippen molar-refractivity contribution in [1.29, 1.82) is 0 Å². The van der Waals surface area contributed by atoms with Crippen LogP contribution in [0, 0.1) is 0 Å². The molecule has 3 amide bonds. The number of nitrogens with one attached hydrogen (secondary N) is 2. The molecule has 3 N–H and O–H groups in total. The molecule has 7 nitrogen and oxygen atoms in total. The van der Waals surface area contributed by atoms with Crippen LogP contribution in [0.1, 0.15) is 53.6 Å². The molecule has 214 valence electrons. The molecule has 1 aromatic heterocycles. The summed E-state index contributed by atoms with van der Waals surface area (Å²) >= 11 is 1.63. The third-order valence-electron chi connectivity index (χ3n) is 7.24. The van der Waals surface area contributed by atoms with Gasteiger partial charge in [-0.15, -0.1) is 0 Å². The van der Waals surface area contributed by atoms with Gasteiger partial charge in [0.1, 0.15) is 0 Å². The zero-order chi connectivity index (χ0) is 29.3. The second-order valence-corrected chi connectivity index (χ2v) is 11.0. The Labute approximate surface area is 249 Å². The van der Waals surface area contributed by atoms with E-state index in [0.29, 0.717) is 17.8 Å². The van der Waals surface area contributed by atoms with E-state index in [1.807, 2.05) is 53.9 Å². The van der Waals surface area contributed by atoms with Crippen LogP contribution in [0.5, 0.6) is 0 Å². The van der Waals surface area contributed by atoms with Crippen molar-refractivity contribution in [2.45, 2.75) is 38.6 Å². The number of allylic oxidation sites excluding steroid dienone is 2.